The van der Waals surface area contributed by atoms with Crippen LogP contribution in [0.1, 0.15) is 56.3 Å². The number of nitrogens with zero attached hydrogens (tertiary/aromatic N) is 2. The summed E-state index contributed by atoms with van der Waals surface area (Å²) in [7, 11) is -2.02. The van der Waals surface area contributed by atoms with Gasteiger partial charge in [0, 0.05) is 31.7 Å². The van der Waals surface area contributed by atoms with Crippen LogP contribution in [-0.4, -0.2) is 61.9 Å². The third-order valence-corrected chi connectivity index (χ3v) is 7.94. The maximum absolute atomic E-state index is 13.2. The molecule has 2 aliphatic rings. The van der Waals surface area contributed by atoms with Gasteiger partial charge in [-0.25, -0.2) is 8.42 Å². The zero-order chi connectivity index (χ0) is 20.5. The van der Waals surface area contributed by atoms with Crippen molar-refractivity contribution in [3.63, 3.8) is 0 Å². The van der Waals surface area contributed by atoms with Gasteiger partial charge in [0.05, 0.1) is 17.2 Å². The van der Waals surface area contributed by atoms with Crippen molar-refractivity contribution in [1.29, 1.82) is 0 Å². The maximum atomic E-state index is 13.2. The zero-order valence-electron chi connectivity index (χ0n) is 16.7. The summed E-state index contributed by atoms with van der Waals surface area (Å²) >= 11 is 6.24. The number of halogens is 1. The van der Waals surface area contributed by atoms with Crippen LogP contribution in [-0.2, 0) is 14.8 Å². The molecule has 6 nitrogen and oxygen atoms in total. The molecule has 1 heterocycles. The number of benzene rings is 1. The fraction of sp³-hybridized carbons (Fsp3) is 0.650. The molecule has 156 valence electrons. The highest BCUT2D eigenvalue weighted by molar-refractivity contribution is 7.89. The highest BCUT2D eigenvalue weighted by Crippen LogP contribution is 2.29. The van der Waals surface area contributed by atoms with Crippen molar-refractivity contribution in [3.8, 4) is 0 Å². The molecule has 0 radical (unpaired) electrons. The molecule has 1 aliphatic carbocycles. The molecule has 0 spiro atoms. The Bertz CT molecular complexity index is 813. The first-order chi connectivity index (χ1) is 13.2. The summed E-state index contributed by atoms with van der Waals surface area (Å²) in [4.78, 5) is 14.7. The molecule has 1 saturated heterocycles. The van der Waals surface area contributed by atoms with Gasteiger partial charge in [-0.3, -0.25) is 4.79 Å². The van der Waals surface area contributed by atoms with E-state index in [1.807, 2.05) is 13.8 Å². The third kappa shape index (κ3) is 4.53. The molecule has 2 fully saturated rings. The molecule has 0 N–H and O–H groups in total. The van der Waals surface area contributed by atoms with E-state index in [4.69, 9.17) is 16.3 Å². The number of hydrogen-bond donors (Lipinski definition) is 0. The van der Waals surface area contributed by atoms with Crippen molar-refractivity contribution in [1.82, 2.24) is 9.21 Å². The van der Waals surface area contributed by atoms with Crippen LogP contribution in [0.2, 0.25) is 5.02 Å². The van der Waals surface area contributed by atoms with E-state index >= 15 is 0 Å². The molecular weight excluding hydrogens is 400 g/mol. The minimum atomic E-state index is -3.81. The Morgan fingerprint density at radius 2 is 1.75 bits per heavy atom. The van der Waals surface area contributed by atoms with E-state index < -0.39 is 10.0 Å². The molecule has 28 heavy (non-hydrogen) atoms. The standard InChI is InChI=1S/C20H29ClN2O4S/c1-14-12-23(13-15(2)27-14)28(25,26)19-11-16(9-10-18(19)21)20(24)22(3)17-7-5-4-6-8-17/h9-11,14-15,17H,4-8,12-13H2,1-3H3. The summed E-state index contributed by atoms with van der Waals surface area (Å²) in [6.45, 7) is 4.23. The second-order valence-electron chi connectivity index (χ2n) is 7.93. The predicted octanol–water partition coefficient (Wildman–Crippen LogP) is 3.54. The molecule has 8 heteroatoms. The highest BCUT2D eigenvalue weighted by Gasteiger charge is 2.34. The van der Waals surface area contributed by atoms with Crippen molar-refractivity contribution in [2.24, 2.45) is 0 Å². The molecule has 1 saturated carbocycles. The lowest BCUT2D eigenvalue weighted by Crippen LogP contribution is -2.48. The smallest absolute Gasteiger partial charge is 0.253 e. The number of carbonyl (C=O) groups excluding carboxylic acids is 1. The molecule has 3 rings (SSSR count). The maximum Gasteiger partial charge on any atom is 0.253 e. The van der Waals surface area contributed by atoms with Gasteiger partial charge in [0.1, 0.15) is 4.90 Å². The SMILES string of the molecule is CC1CN(S(=O)(=O)c2cc(C(=O)N(C)C3CCCCC3)ccc2Cl)CC(C)O1. The predicted molar refractivity (Wildman–Crippen MR) is 109 cm³/mol. The van der Waals surface area contributed by atoms with E-state index in [1.54, 1.807) is 18.0 Å². The summed E-state index contributed by atoms with van der Waals surface area (Å²) in [5.74, 6) is -0.163. The van der Waals surface area contributed by atoms with Gasteiger partial charge in [0.15, 0.2) is 0 Å². The number of amides is 1. The average Bonchev–Trinajstić information content (AvgIpc) is 2.67. The third-order valence-electron chi connectivity index (χ3n) is 5.62. The van der Waals surface area contributed by atoms with Gasteiger partial charge in [-0.15, -0.1) is 0 Å². The molecular formula is C20H29ClN2O4S. The normalized spacial score (nSPS) is 24.9. The van der Waals surface area contributed by atoms with E-state index in [2.05, 4.69) is 0 Å². The van der Waals surface area contributed by atoms with Crippen LogP contribution in [0.5, 0.6) is 0 Å². The summed E-state index contributed by atoms with van der Waals surface area (Å²) in [5, 5.41) is 0.128. The Kier molecular flexibility index (Phi) is 6.69. The number of morpholine rings is 1. The lowest BCUT2D eigenvalue weighted by atomic mass is 9.94. The number of hydrogen-bond acceptors (Lipinski definition) is 4. The summed E-state index contributed by atoms with van der Waals surface area (Å²) in [6.07, 6.45) is 5.04. The van der Waals surface area contributed by atoms with Gasteiger partial charge in [0.25, 0.3) is 5.91 Å². The quantitative estimate of drug-likeness (QED) is 0.735. The first-order valence-corrected chi connectivity index (χ1v) is 11.7. The molecule has 2 unspecified atom stereocenters. The van der Waals surface area contributed by atoms with Gasteiger partial charge in [-0.2, -0.15) is 4.31 Å². The van der Waals surface area contributed by atoms with Crippen LogP contribution >= 0.6 is 11.6 Å². The average molecular weight is 429 g/mol. The summed E-state index contributed by atoms with van der Waals surface area (Å²) < 4.78 is 33.4. The van der Waals surface area contributed by atoms with Gasteiger partial charge in [-0.1, -0.05) is 30.9 Å². The Hall–Kier alpha value is -1.15. The molecule has 0 aromatic heterocycles. The zero-order valence-corrected chi connectivity index (χ0v) is 18.3. The van der Waals surface area contributed by atoms with Gasteiger partial charge >= 0.3 is 0 Å². The van der Waals surface area contributed by atoms with E-state index in [1.165, 1.54) is 22.9 Å². The van der Waals surface area contributed by atoms with Crippen LogP contribution < -0.4 is 0 Å². The van der Waals surface area contributed by atoms with Crippen molar-refractivity contribution in [3.05, 3.63) is 28.8 Å². The molecule has 1 amide bonds. The first-order valence-electron chi connectivity index (χ1n) is 9.92. The second kappa shape index (κ2) is 8.69. The Balaban J connectivity index is 1.87. The van der Waals surface area contributed by atoms with Crippen LogP contribution in [0.4, 0.5) is 0 Å². The first kappa shape index (κ1) is 21.6. The Labute approximate surface area is 172 Å². The van der Waals surface area contributed by atoms with E-state index in [0.717, 1.165) is 25.7 Å². The van der Waals surface area contributed by atoms with Crippen LogP contribution in [0.25, 0.3) is 0 Å². The van der Waals surface area contributed by atoms with Crippen molar-refractivity contribution in [2.75, 3.05) is 20.1 Å². The van der Waals surface area contributed by atoms with E-state index in [0.29, 0.717) is 5.56 Å². The van der Waals surface area contributed by atoms with Gasteiger partial charge in [-0.05, 0) is 44.9 Å². The van der Waals surface area contributed by atoms with Crippen molar-refractivity contribution < 1.29 is 17.9 Å². The highest BCUT2D eigenvalue weighted by atomic mass is 35.5. The fourth-order valence-electron chi connectivity index (χ4n) is 4.14. The van der Waals surface area contributed by atoms with Gasteiger partial charge < -0.3 is 9.64 Å². The number of rotatable bonds is 4. The molecule has 1 aliphatic heterocycles. The lowest BCUT2D eigenvalue weighted by molar-refractivity contribution is -0.0440. The van der Waals surface area contributed by atoms with Crippen molar-refractivity contribution >= 4 is 27.5 Å². The van der Waals surface area contributed by atoms with Gasteiger partial charge in [0.2, 0.25) is 10.0 Å². The monoisotopic (exact) mass is 428 g/mol. The van der Waals surface area contributed by atoms with Crippen molar-refractivity contribution in [2.45, 2.75) is 69.1 Å². The molecule has 2 atom stereocenters. The minimum Gasteiger partial charge on any atom is -0.373 e. The second-order valence-corrected chi connectivity index (χ2v) is 10.2. The van der Waals surface area contributed by atoms with Crippen LogP contribution in [0, 0.1) is 0 Å². The minimum absolute atomic E-state index is 0.0154. The number of ether oxygens (including phenoxy) is 1. The Morgan fingerprint density at radius 1 is 1.14 bits per heavy atom. The molecule has 1 aromatic rings. The van der Waals surface area contributed by atoms with E-state index in [-0.39, 0.29) is 47.2 Å². The topological polar surface area (TPSA) is 66.9 Å². The number of carbonyl (C=O) groups is 1. The summed E-state index contributed by atoms with van der Waals surface area (Å²) in [5.41, 5.74) is 0.352. The van der Waals surface area contributed by atoms with E-state index in [9.17, 15) is 13.2 Å². The Morgan fingerprint density at radius 3 is 2.36 bits per heavy atom. The molecule has 1 aromatic carbocycles. The molecule has 0 bridgehead atoms. The largest absolute Gasteiger partial charge is 0.373 e. The summed E-state index contributed by atoms with van der Waals surface area (Å²) in [6, 6.07) is 4.74. The number of sulfonamides is 1. The van der Waals surface area contributed by atoms with Crippen LogP contribution in [0.15, 0.2) is 23.1 Å². The van der Waals surface area contributed by atoms with Crippen LogP contribution in [0.3, 0.4) is 0 Å². The lowest BCUT2D eigenvalue weighted by Gasteiger charge is -2.34. The fourth-order valence-corrected chi connectivity index (χ4v) is 6.23.